The fraction of sp³-hybridized carbons (Fsp3) is 0.0909. The minimum Gasteiger partial charge on any atom is -0.270 e. The summed E-state index contributed by atoms with van der Waals surface area (Å²) in [5.74, 6) is 0.895. The summed E-state index contributed by atoms with van der Waals surface area (Å²) < 4.78 is 41.6. The standard InChI is InChI=1S/C22H14Cl2F3N3S/c23-17-10-9-15(19(24)12-17)13-31-21-29-28-20(14-5-2-1-3-6-14)30(21)18-8-4-7-16(11-18)22(25,26)27/h1-12H,13H2. The molecule has 0 aliphatic rings. The molecular weight excluding hydrogens is 466 g/mol. The van der Waals surface area contributed by atoms with Gasteiger partial charge in [-0.05, 0) is 35.9 Å². The van der Waals surface area contributed by atoms with Crippen LogP contribution in [-0.4, -0.2) is 14.8 Å². The number of benzene rings is 3. The number of hydrogen-bond acceptors (Lipinski definition) is 3. The lowest BCUT2D eigenvalue weighted by Gasteiger charge is -2.13. The van der Waals surface area contributed by atoms with Crippen molar-refractivity contribution in [1.82, 2.24) is 14.8 Å². The van der Waals surface area contributed by atoms with Crippen LogP contribution in [0.5, 0.6) is 0 Å². The second-order valence-corrected chi connectivity index (χ2v) is 8.37. The van der Waals surface area contributed by atoms with E-state index in [0.717, 1.165) is 23.3 Å². The zero-order chi connectivity index (χ0) is 22.0. The first kappa shape index (κ1) is 21.7. The molecule has 0 bridgehead atoms. The molecule has 0 N–H and O–H groups in total. The number of thioether (sulfide) groups is 1. The topological polar surface area (TPSA) is 30.7 Å². The number of hydrogen-bond donors (Lipinski definition) is 0. The highest BCUT2D eigenvalue weighted by atomic mass is 35.5. The average molecular weight is 480 g/mol. The van der Waals surface area contributed by atoms with E-state index in [1.54, 1.807) is 28.8 Å². The second-order valence-electron chi connectivity index (χ2n) is 6.58. The van der Waals surface area contributed by atoms with Gasteiger partial charge in [0.2, 0.25) is 0 Å². The van der Waals surface area contributed by atoms with E-state index in [0.29, 0.717) is 32.5 Å². The third kappa shape index (κ3) is 4.89. The highest BCUT2D eigenvalue weighted by molar-refractivity contribution is 7.98. The maximum atomic E-state index is 13.3. The van der Waals surface area contributed by atoms with Crippen molar-refractivity contribution in [3.05, 3.63) is 94.0 Å². The summed E-state index contributed by atoms with van der Waals surface area (Å²) in [4.78, 5) is 0. The summed E-state index contributed by atoms with van der Waals surface area (Å²) in [5.41, 5.74) is 1.15. The van der Waals surface area contributed by atoms with Crippen molar-refractivity contribution in [2.24, 2.45) is 0 Å². The molecule has 1 heterocycles. The van der Waals surface area contributed by atoms with Gasteiger partial charge in [-0.2, -0.15) is 13.2 Å². The van der Waals surface area contributed by atoms with Crippen LogP contribution < -0.4 is 0 Å². The van der Waals surface area contributed by atoms with Crippen LogP contribution in [0.25, 0.3) is 17.1 Å². The van der Waals surface area contributed by atoms with E-state index in [1.165, 1.54) is 17.8 Å². The zero-order valence-corrected chi connectivity index (χ0v) is 18.1. The molecule has 0 unspecified atom stereocenters. The molecule has 4 aromatic rings. The fourth-order valence-electron chi connectivity index (χ4n) is 2.97. The van der Waals surface area contributed by atoms with Crippen LogP contribution in [0.1, 0.15) is 11.1 Å². The van der Waals surface area contributed by atoms with Crippen molar-refractivity contribution in [3.8, 4) is 17.1 Å². The van der Waals surface area contributed by atoms with Crippen molar-refractivity contribution >= 4 is 35.0 Å². The van der Waals surface area contributed by atoms with E-state index in [2.05, 4.69) is 10.2 Å². The molecule has 1 aromatic heterocycles. The van der Waals surface area contributed by atoms with Gasteiger partial charge in [0.05, 0.1) is 11.3 Å². The Hall–Kier alpha value is -2.48. The molecule has 31 heavy (non-hydrogen) atoms. The normalized spacial score (nSPS) is 11.6. The highest BCUT2D eigenvalue weighted by Gasteiger charge is 2.31. The Balaban J connectivity index is 1.77. The van der Waals surface area contributed by atoms with Gasteiger partial charge in [-0.3, -0.25) is 4.57 Å². The molecule has 0 aliphatic carbocycles. The Kier molecular flexibility index (Phi) is 6.27. The molecule has 0 spiro atoms. The van der Waals surface area contributed by atoms with E-state index < -0.39 is 11.7 Å². The first-order chi connectivity index (χ1) is 14.8. The summed E-state index contributed by atoms with van der Waals surface area (Å²) in [6.45, 7) is 0. The van der Waals surface area contributed by atoms with Gasteiger partial charge in [-0.15, -0.1) is 10.2 Å². The SMILES string of the molecule is FC(F)(F)c1cccc(-n2c(SCc3ccc(Cl)cc3Cl)nnc2-c2ccccc2)c1. The molecule has 4 rings (SSSR count). The Labute approximate surface area is 190 Å². The first-order valence-electron chi connectivity index (χ1n) is 9.08. The van der Waals surface area contributed by atoms with Gasteiger partial charge in [0.15, 0.2) is 11.0 Å². The van der Waals surface area contributed by atoms with Crippen molar-refractivity contribution in [2.45, 2.75) is 17.1 Å². The Morgan fingerprint density at radius 3 is 2.35 bits per heavy atom. The second kappa shape index (κ2) is 8.94. The average Bonchev–Trinajstić information content (AvgIpc) is 3.17. The van der Waals surface area contributed by atoms with Crippen LogP contribution in [0.4, 0.5) is 13.2 Å². The maximum absolute atomic E-state index is 13.3. The van der Waals surface area contributed by atoms with Crippen molar-refractivity contribution in [2.75, 3.05) is 0 Å². The molecule has 0 saturated carbocycles. The van der Waals surface area contributed by atoms with E-state index >= 15 is 0 Å². The lowest BCUT2D eigenvalue weighted by molar-refractivity contribution is -0.137. The molecule has 3 nitrogen and oxygen atoms in total. The van der Waals surface area contributed by atoms with Gasteiger partial charge in [0.25, 0.3) is 0 Å². The molecule has 9 heteroatoms. The third-order valence-corrected chi connectivity index (χ3v) is 6.03. The van der Waals surface area contributed by atoms with E-state index in [4.69, 9.17) is 23.2 Å². The molecule has 0 fully saturated rings. The Morgan fingerprint density at radius 1 is 0.871 bits per heavy atom. The number of rotatable bonds is 5. The minimum atomic E-state index is -4.46. The van der Waals surface area contributed by atoms with Gasteiger partial charge < -0.3 is 0 Å². The maximum Gasteiger partial charge on any atom is 0.416 e. The number of alkyl halides is 3. The Morgan fingerprint density at radius 2 is 1.65 bits per heavy atom. The monoisotopic (exact) mass is 479 g/mol. The van der Waals surface area contributed by atoms with Crippen molar-refractivity contribution in [1.29, 1.82) is 0 Å². The van der Waals surface area contributed by atoms with Crippen LogP contribution in [0.3, 0.4) is 0 Å². The molecular formula is C22H14Cl2F3N3S. The molecule has 0 aliphatic heterocycles. The van der Waals surface area contributed by atoms with Crippen LogP contribution in [0.2, 0.25) is 10.0 Å². The van der Waals surface area contributed by atoms with Gasteiger partial charge in [-0.25, -0.2) is 0 Å². The molecule has 0 saturated heterocycles. The van der Waals surface area contributed by atoms with Crippen LogP contribution in [0.15, 0.2) is 78.0 Å². The number of nitrogens with zero attached hydrogens (tertiary/aromatic N) is 3. The molecule has 0 amide bonds. The predicted octanol–water partition coefficient (Wildman–Crippen LogP) is 7.55. The smallest absolute Gasteiger partial charge is 0.270 e. The van der Waals surface area contributed by atoms with Gasteiger partial charge >= 0.3 is 6.18 Å². The van der Waals surface area contributed by atoms with E-state index in [1.807, 2.05) is 30.3 Å². The largest absolute Gasteiger partial charge is 0.416 e. The molecule has 158 valence electrons. The summed E-state index contributed by atoms with van der Waals surface area (Å²) in [6, 6.07) is 19.5. The summed E-state index contributed by atoms with van der Waals surface area (Å²) in [6.07, 6.45) is -4.46. The zero-order valence-electron chi connectivity index (χ0n) is 15.8. The lowest BCUT2D eigenvalue weighted by atomic mass is 10.1. The van der Waals surface area contributed by atoms with Crippen molar-refractivity contribution in [3.63, 3.8) is 0 Å². The predicted molar refractivity (Wildman–Crippen MR) is 118 cm³/mol. The van der Waals surface area contributed by atoms with Gasteiger partial charge in [-0.1, -0.05) is 77.4 Å². The summed E-state index contributed by atoms with van der Waals surface area (Å²) >= 11 is 13.5. The van der Waals surface area contributed by atoms with Crippen LogP contribution >= 0.6 is 35.0 Å². The van der Waals surface area contributed by atoms with Crippen molar-refractivity contribution < 1.29 is 13.2 Å². The minimum absolute atomic E-state index is 0.323. The quantitative estimate of drug-likeness (QED) is 0.276. The number of aromatic nitrogens is 3. The molecule has 3 aromatic carbocycles. The van der Waals surface area contributed by atoms with Gasteiger partial charge in [0, 0.05) is 21.4 Å². The van der Waals surface area contributed by atoms with Crippen LogP contribution in [-0.2, 0) is 11.9 Å². The van der Waals surface area contributed by atoms with E-state index in [-0.39, 0.29) is 0 Å². The lowest BCUT2D eigenvalue weighted by Crippen LogP contribution is -2.07. The van der Waals surface area contributed by atoms with E-state index in [9.17, 15) is 13.2 Å². The molecule has 0 atom stereocenters. The third-order valence-electron chi connectivity index (χ3n) is 4.47. The van der Waals surface area contributed by atoms with Crippen LogP contribution in [0, 0.1) is 0 Å². The summed E-state index contributed by atoms with van der Waals surface area (Å²) in [5, 5.41) is 9.99. The van der Waals surface area contributed by atoms with Gasteiger partial charge in [0.1, 0.15) is 0 Å². The highest BCUT2D eigenvalue weighted by Crippen LogP contribution is 2.35. The summed E-state index contributed by atoms with van der Waals surface area (Å²) in [7, 11) is 0. The Bertz CT molecular complexity index is 1210. The molecule has 0 radical (unpaired) electrons. The fourth-order valence-corrected chi connectivity index (χ4v) is 4.48. The first-order valence-corrected chi connectivity index (χ1v) is 10.8. The number of halogens is 5.